The Kier molecular flexibility index (Phi) is 4.41. The summed E-state index contributed by atoms with van der Waals surface area (Å²) in [4.78, 5) is 21.1. The molecule has 6 heteroatoms. The topological polar surface area (TPSA) is 78.5 Å². The van der Waals surface area contributed by atoms with E-state index in [-0.39, 0.29) is 0 Å². The van der Waals surface area contributed by atoms with Crippen molar-refractivity contribution in [1.82, 2.24) is 0 Å². The number of halogens is 1. The number of hydrogen-bond donors (Lipinski definition) is 1. The Morgan fingerprint density at radius 1 is 1.25 bits per heavy atom. The van der Waals surface area contributed by atoms with E-state index in [9.17, 15) is 19.1 Å². The molecular weight excluding hydrogens is 217 g/mol. The first kappa shape index (κ1) is 12.1. The first-order valence-corrected chi connectivity index (χ1v) is 4.41. The molecule has 1 N–H and O–H groups in total. The summed E-state index contributed by atoms with van der Waals surface area (Å²) in [6.07, 6.45) is 0. The van der Waals surface area contributed by atoms with Crippen LogP contribution in [0.2, 0.25) is 0 Å². The number of carbonyl (C=O) groups excluding carboxylic acids is 2. The third kappa shape index (κ3) is 4.52. The molecule has 0 aliphatic rings. The second-order valence-electron chi connectivity index (χ2n) is 2.92. The van der Waals surface area contributed by atoms with Crippen molar-refractivity contribution in [3.05, 3.63) is 30.1 Å². The number of aliphatic carboxylic acids is 1. The van der Waals surface area contributed by atoms with E-state index in [1.807, 2.05) is 0 Å². The lowest BCUT2D eigenvalue weighted by atomic mass is 10.3. The van der Waals surface area contributed by atoms with Gasteiger partial charge in [0.05, 0.1) is 12.6 Å². The molecule has 16 heavy (non-hydrogen) atoms. The van der Waals surface area contributed by atoms with Crippen LogP contribution >= 0.6 is 0 Å². The average molecular weight is 226 g/mol. The van der Waals surface area contributed by atoms with Crippen LogP contribution in [0.5, 0.6) is 0 Å². The summed E-state index contributed by atoms with van der Waals surface area (Å²) >= 11 is 0. The molecule has 0 heterocycles. The van der Waals surface area contributed by atoms with Gasteiger partial charge in [0.1, 0.15) is 12.4 Å². The van der Waals surface area contributed by atoms with E-state index in [0.717, 1.165) is 0 Å². The summed E-state index contributed by atoms with van der Waals surface area (Å²) < 4.78 is 17.0. The van der Waals surface area contributed by atoms with Gasteiger partial charge in [0.2, 0.25) is 5.91 Å². The Bertz CT molecular complexity index is 377. The monoisotopic (exact) mass is 226 g/mol. The second-order valence-corrected chi connectivity index (χ2v) is 2.92. The first-order chi connectivity index (χ1) is 7.58. The molecule has 0 aliphatic carbocycles. The van der Waals surface area contributed by atoms with E-state index in [0.29, 0.717) is 5.69 Å². The van der Waals surface area contributed by atoms with Crippen LogP contribution in [0.25, 0.3) is 0 Å². The number of benzene rings is 1. The number of nitrogens with one attached hydrogen (secondary N) is 1. The predicted octanol–water partition coefficient (Wildman–Crippen LogP) is -0.469. The van der Waals surface area contributed by atoms with E-state index in [1.54, 1.807) is 0 Å². The molecule has 0 aromatic heterocycles. The number of ether oxygens (including phenoxy) is 1. The Labute approximate surface area is 90.8 Å². The number of anilines is 1. The third-order valence-corrected chi connectivity index (χ3v) is 1.58. The molecular formula is C10H9FNO4-. The average Bonchev–Trinajstić information content (AvgIpc) is 2.21. The van der Waals surface area contributed by atoms with Gasteiger partial charge in [0.15, 0.2) is 0 Å². The molecule has 0 saturated heterocycles. The van der Waals surface area contributed by atoms with Gasteiger partial charge in [0, 0.05) is 5.69 Å². The first-order valence-electron chi connectivity index (χ1n) is 4.41. The van der Waals surface area contributed by atoms with E-state index >= 15 is 0 Å². The molecule has 5 nitrogen and oxygen atoms in total. The molecule has 86 valence electrons. The lowest BCUT2D eigenvalue weighted by Crippen LogP contribution is -2.29. The molecule has 1 aromatic rings. The summed E-state index contributed by atoms with van der Waals surface area (Å²) in [6, 6.07) is 5.15. The fraction of sp³-hybridized carbons (Fsp3) is 0.200. The number of hydrogen-bond acceptors (Lipinski definition) is 4. The maximum atomic E-state index is 12.5. The molecule has 1 aromatic carbocycles. The van der Waals surface area contributed by atoms with E-state index in [1.165, 1.54) is 24.3 Å². The molecule has 1 rings (SSSR count). The zero-order valence-corrected chi connectivity index (χ0v) is 8.23. The fourth-order valence-electron chi connectivity index (χ4n) is 0.957. The van der Waals surface area contributed by atoms with Gasteiger partial charge in [-0.15, -0.1) is 0 Å². The molecule has 0 spiro atoms. The Morgan fingerprint density at radius 2 is 1.88 bits per heavy atom. The molecule has 0 saturated carbocycles. The van der Waals surface area contributed by atoms with Gasteiger partial charge < -0.3 is 20.0 Å². The van der Waals surface area contributed by atoms with Gasteiger partial charge in [-0.3, -0.25) is 4.79 Å². The van der Waals surface area contributed by atoms with Crippen molar-refractivity contribution in [3.8, 4) is 0 Å². The van der Waals surface area contributed by atoms with Crippen LogP contribution in [-0.2, 0) is 14.3 Å². The molecule has 0 radical (unpaired) electrons. The van der Waals surface area contributed by atoms with Gasteiger partial charge in [-0.2, -0.15) is 0 Å². The Balaban J connectivity index is 2.34. The van der Waals surface area contributed by atoms with Crippen molar-refractivity contribution in [2.45, 2.75) is 0 Å². The molecule has 0 fully saturated rings. The zero-order chi connectivity index (χ0) is 12.0. The highest BCUT2D eigenvalue weighted by Crippen LogP contribution is 2.07. The van der Waals surface area contributed by atoms with Crippen molar-refractivity contribution in [3.63, 3.8) is 0 Å². The summed E-state index contributed by atoms with van der Waals surface area (Å²) in [5.74, 6) is -2.33. The Morgan fingerprint density at radius 3 is 2.44 bits per heavy atom. The van der Waals surface area contributed by atoms with E-state index in [4.69, 9.17) is 0 Å². The van der Waals surface area contributed by atoms with Crippen molar-refractivity contribution >= 4 is 17.6 Å². The summed E-state index contributed by atoms with van der Waals surface area (Å²) in [5, 5.41) is 12.4. The quantitative estimate of drug-likeness (QED) is 0.736. The number of rotatable bonds is 5. The minimum atomic E-state index is -1.39. The molecule has 0 bridgehead atoms. The lowest BCUT2D eigenvalue weighted by Gasteiger charge is -2.06. The predicted molar refractivity (Wildman–Crippen MR) is 50.9 cm³/mol. The van der Waals surface area contributed by atoms with Gasteiger partial charge >= 0.3 is 0 Å². The van der Waals surface area contributed by atoms with Crippen molar-refractivity contribution in [2.75, 3.05) is 18.5 Å². The van der Waals surface area contributed by atoms with Gasteiger partial charge in [-0.05, 0) is 24.3 Å². The van der Waals surface area contributed by atoms with Crippen LogP contribution < -0.4 is 10.4 Å². The zero-order valence-electron chi connectivity index (χ0n) is 8.23. The highest BCUT2D eigenvalue weighted by atomic mass is 19.1. The van der Waals surface area contributed by atoms with E-state index in [2.05, 4.69) is 10.1 Å². The summed E-state index contributed by atoms with van der Waals surface area (Å²) in [5.41, 5.74) is 0.406. The lowest BCUT2D eigenvalue weighted by molar-refractivity contribution is -0.309. The van der Waals surface area contributed by atoms with Crippen LogP contribution in [0.1, 0.15) is 0 Å². The summed E-state index contributed by atoms with van der Waals surface area (Å²) in [6.45, 7) is -1.04. The van der Waals surface area contributed by atoms with Gasteiger partial charge in [-0.25, -0.2) is 4.39 Å². The number of amides is 1. The molecule has 0 aliphatic heterocycles. The second kappa shape index (κ2) is 5.82. The minimum Gasteiger partial charge on any atom is -0.548 e. The van der Waals surface area contributed by atoms with Crippen LogP contribution in [0.4, 0.5) is 10.1 Å². The van der Waals surface area contributed by atoms with Crippen molar-refractivity contribution in [1.29, 1.82) is 0 Å². The molecule has 0 atom stereocenters. The third-order valence-electron chi connectivity index (χ3n) is 1.58. The maximum Gasteiger partial charge on any atom is 0.250 e. The van der Waals surface area contributed by atoms with Crippen LogP contribution in [0.3, 0.4) is 0 Å². The van der Waals surface area contributed by atoms with E-state index < -0.39 is 30.9 Å². The number of carbonyl (C=O) groups is 2. The van der Waals surface area contributed by atoms with Gasteiger partial charge in [-0.1, -0.05) is 0 Å². The number of carboxylic acid groups (broad SMARTS) is 1. The largest absolute Gasteiger partial charge is 0.548 e. The smallest absolute Gasteiger partial charge is 0.250 e. The van der Waals surface area contributed by atoms with Gasteiger partial charge in [0.25, 0.3) is 0 Å². The minimum absolute atomic E-state index is 0.397. The standard InChI is InChI=1S/C10H10FNO4/c11-7-1-3-8(4-2-7)12-9(13)5-16-6-10(14)15/h1-4H,5-6H2,(H,12,13)(H,14,15)/p-1. The SMILES string of the molecule is O=C([O-])COCC(=O)Nc1ccc(F)cc1. The highest BCUT2D eigenvalue weighted by Gasteiger charge is 2.02. The fourth-order valence-corrected chi connectivity index (χ4v) is 0.957. The number of carboxylic acids is 1. The molecule has 1 amide bonds. The Hall–Kier alpha value is -1.95. The summed E-state index contributed by atoms with van der Waals surface area (Å²) in [7, 11) is 0. The normalized spacial score (nSPS) is 9.81. The van der Waals surface area contributed by atoms with Crippen LogP contribution in [0, 0.1) is 5.82 Å². The highest BCUT2D eigenvalue weighted by molar-refractivity contribution is 5.91. The van der Waals surface area contributed by atoms with Crippen molar-refractivity contribution in [2.24, 2.45) is 0 Å². The molecule has 0 unspecified atom stereocenters. The van der Waals surface area contributed by atoms with Crippen molar-refractivity contribution < 1.29 is 23.8 Å². The van der Waals surface area contributed by atoms with Crippen LogP contribution in [-0.4, -0.2) is 25.1 Å². The van der Waals surface area contributed by atoms with Crippen LogP contribution in [0.15, 0.2) is 24.3 Å². The maximum absolute atomic E-state index is 12.5.